The number of benzene rings is 1. The number of hydrogen-bond acceptors (Lipinski definition) is 6. The highest BCUT2D eigenvalue weighted by Gasteiger charge is 2.51. The first kappa shape index (κ1) is 21.1. The Morgan fingerprint density at radius 3 is 2.62 bits per heavy atom. The van der Waals surface area contributed by atoms with Gasteiger partial charge in [-0.25, -0.2) is 14.5 Å². The van der Waals surface area contributed by atoms with Crippen molar-refractivity contribution in [2.45, 2.75) is 43.9 Å². The normalized spacial score (nSPS) is 29.1. The van der Waals surface area contributed by atoms with Gasteiger partial charge in [0.2, 0.25) is 0 Å². The lowest BCUT2D eigenvalue weighted by molar-refractivity contribution is -0.912. The summed E-state index contributed by atoms with van der Waals surface area (Å²) in [5.74, 6) is -0.0216. The Labute approximate surface area is 169 Å². The van der Waals surface area contributed by atoms with E-state index in [0.29, 0.717) is 17.7 Å². The fourth-order valence-corrected chi connectivity index (χ4v) is 4.00. The van der Waals surface area contributed by atoms with Crippen molar-refractivity contribution in [2.24, 2.45) is 0 Å². The first-order chi connectivity index (χ1) is 13.8. The van der Waals surface area contributed by atoms with Crippen LogP contribution in [0.5, 0.6) is 5.75 Å². The summed E-state index contributed by atoms with van der Waals surface area (Å²) in [6, 6.07) is 6.49. The molecule has 0 aliphatic carbocycles. The quantitative estimate of drug-likeness (QED) is 0.399. The van der Waals surface area contributed by atoms with Crippen molar-refractivity contribution in [3.8, 4) is 5.75 Å². The highest BCUT2D eigenvalue weighted by atomic mass is 16.5. The number of amides is 3. The minimum Gasteiger partial charge on any atom is -0.497 e. The molecule has 0 saturated carbocycles. The summed E-state index contributed by atoms with van der Waals surface area (Å²) in [5.41, 5.74) is 0.0156. The number of rotatable bonds is 7. The van der Waals surface area contributed by atoms with E-state index in [-0.39, 0.29) is 25.5 Å². The zero-order valence-corrected chi connectivity index (χ0v) is 16.9. The van der Waals surface area contributed by atoms with Crippen LogP contribution in [-0.4, -0.2) is 73.0 Å². The second kappa shape index (κ2) is 8.38. The summed E-state index contributed by atoms with van der Waals surface area (Å²) < 4.78 is 9.94. The van der Waals surface area contributed by atoms with E-state index in [0.717, 1.165) is 16.2 Å². The number of carbonyl (C=O) groups is 3. The standard InChI is InChI=1S/C20H27N3O6/c1-20(9-8-13-4-6-15(28-2)7-5-13)18(26)23(19(27)21-20)12-22-11-14(24)10-16(22)17(25)29-3/h4-7,14,16,24H,8-12H2,1-3H3,(H,21,27)/p+1/t14-,16+,20+/m1/s1. The zero-order chi connectivity index (χ0) is 21.2. The van der Waals surface area contributed by atoms with Gasteiger partial charge in [0.25, 0.3) is 5.91 Å². The van der Waals surface area contributed by atoms with Gasteiger partial charge in [0, 0.05) is 6.42 Å². The molecule has 9 heteroatoms. The maximum Gasteiger partial charge on any atom is 0.364 e. The number of hydrogen-bond donors (Lipinski definition) is 3. The number of nitrogens with one attached hydrogen (secondary N) is 2. The SMILES string of the molecule is COC(=O)[C@@H]1C[C@@H](O)C[NH+]1CN1C(=O)N[C@@](C)(CCc2ccc(OC)cc2)C1=O. The van der Waals surface area contributed by atoms with Crippen molar-refractivity contribution in [3.63, 3.8) is 0 Å². The van der Waals surface area contributed by atoms with Crippen LogP contribution in [0.15, 0.2) is 24.3 Å². The average molecular weight is 406 g/mol. The molecule has 29 heavy (non-hydrogen) atoms. The summed E-state index contributed by atoms with van der Waals surface area (Å²) in [5, 5.41) is 12.7. The van der Waals surface area contributed by atoms with Gasteiger partial charge in [-0.1, -0.05) is 12.1 Å². The van der Waals surface area contributed by atoms with Crippen molar-refractivity contribution in [3.05, 3.63) is 29.8 Å². The number of urea groups is 1. The van der Waals surface area contributed by atoms with Crippen molar-refractivity contribution in [1.29, 1.82) is 0 Å². The number of esters is 1. The Kier molecular flexibility index (Phi) is 6.09. The largest absolute Gasteiger partial charge is 0.497 e. The van der Waals surface area contributed by atoms with Crippen LogP contribution < -0.4 is 15.0 Å². The monoisotopic (exact) mass is 406 g/mol. The molecule has 0 bridgehead atoms. The van der Waals surface area contributed by atoms with E-state index in [1.54, 1.807) is 14.0 Å². The van der Waals surface area contributed by atoms with Crippen molar-refractivity contribution in [1.82, 2.24) is 10.2 Å². The number of aliphatic hydroxyl groups is 1. The third-order valence-electron chi connectivity index (χ3n) is 5.76. The average Bonchev–Trinajstić information content (AvgIpc) is 3.18. The number of imide groups is 1. The van der Waals surface area contributed by atoms with Crippen LogP contribution in [0.3, 0.4) is 0 Å². The lowest BCUT2D eigenvalue weighted by Crippen LogP contribution is -3.16. The minimum absolute atomic E-state index is 0.0135. The van der Waals surface area contributed by atoms with E-state index in [4.69, 9.17) is 9.47 Å². The number of ether oxygens (including phenoxy) is 2. The van der Waals surface area contributed by atoms with E-state index >= 15 is 0 Å². The van der Waals surface area contributed by atoms with Crippen LogP contribution in [0.4, 0.5) is 4.79 Å². The molecule has 2 aliphatic rings. The number of quaternary nitrogens is 1. The van der Waals surface area contributed by atoms with Gasteiger partial charge in [-0.3, -0.25) is 4.79 Å². The molecule has 1 aromatic carbocycles. The van der Waals surface area contributed by atoms with Crippen LogP contribution in [0, 0.1) is 0 Å². The highest BCUT2D eigenvalue weighted by Crippen LogP contribution is 2.23. The van der Waals surface area contributed by atoms with Crippen LogP contribution in [-0.2, 0) is 20.7 Å². The molecule has 0 spiro atoms. The highest BCUT2D eigenvalue weighted by molar-refractivity contribution is 6.06. The molecule has 0 radical (unpaired) electrons. The Bertz CT molecular complexity index is 783. The number of aryl methyl sites for hydroxylation is 1. The topological polar surface area (TPSA) is 110 Å². The van der Waals surface area contributed by atoms with Crippen LogP contribution in [0.25, 0.3) is 0 Å². The Hall–Kier alpha value is -2.65. The molecule has 2 heterocycles. The van der Waals surface area contributed by atoms with Gasteiger partial charge < -0.3 is 24.8 Å². The Morgan fingerprint density at radius 2 is 2.00 bits per heavy atom. The zero-order valence-electron chi connectivity index (χ0n) is 16.9. The maximum absolute atomic E-state index is 13.0. The van der Waals surface area contributed by atoms with E-state index in [1.807, 2.05) is 24.3 Å². The number of nitrogens with zero attached hydrogens (tertiary/aromatic N) is 1. The molecule has 0 aromatic heterocycles. The van der Waals surface area contributed by atoms with E-state index < -0.39 is 29.7 Å². The van der Waals surface area contributed by atoms with Crippen molar-refractivity contribution >= 4 is 17.9 Å². The lowest BCUT2D eigenvalue weighted by Gasteiger charge is -2.24. The van der Waals surface area contributed by atoms with Crippen LogP contribution in [0.2, 0.25) is 0 Å². The minimum atomic E-state index is -1.02. The molecule has 9 nitrogen and oxygen atoms in total. The predicted molar refractivity (Wildman–Crippen MR) is 102 cm³/mol. The van der Waals surface area contributed by atoms with Gasteiger partial charge in [0.1, 0.15) is 23.9 Å². The summed E-state index contributed by atoms with van der Waals surface area (Å²) in [6.45, 7) is 2.00. The van der Waals surface area contributed by atoms with Gasteiger partial charge in [-0.2, -0.15) is 0 Å². The first-order valence-electron chi connectivity index (χ1n) is 9.65. The Balaban J connectivity index is 1.65. The van der Waals surface area contributed by atoms with E-state index in [1.165, 1.54) is 7.11 Å². The first-order valence-corrected chi connectivity index (χ1v) is 9.65. The van der Waals surface area contributed by atoms with Crippen LogP contribution >= 0.6 is 0 Å². The molecule has 2 fully saturated rings. The van der Waals surface area contributed by atoms with Gasteiger partial charge in [-0.15, -0.1) is 0 Å². The van der Waals surface area contributed by atoms with E-state index in [9.17, 15) is 19.5 Å². The fourth-order valence-electron chi connectivity index (χ4n) is 4.00. The third-order valence-corrected chi connectivity index (χ3v) is 5.76. The summed E-state index contributed by atoms with van der Waals surface area (Å²) in [4.78, 5) is 39.3. The summed E-state index contributed by atoms with van der Waals surface area (Å²) in [7, 11) is 2.89. The molecule has 4 atom stereocenters. The van der Waals surface area contributed by atoms with Gasteiger partial charge >= 0.3 is 12.0 Å². The van der Waals surface area contributed by atoms with Crippen molar-refractivity contribution < 1.29 is 33.9 Å². The Morgan fingerprint density at radius 1 is 1.31 bits per heavy atom. The van der Waals surface area contributed by atoms with Crippen molar-refractivity contribution in [2.75, 3.05) is 27.4 Å². The molecule has 3 amide bonds. The molecular weight excluding hydrogens is 378 g/mol. The van der Waals surface area contributed by atoms with Crippen LogP contribution in [0.1, 0.15) is 25.3 Å². The van der Waals surface area contributed by atoms with Gasteiger partial charge in [-0.05, 0) is 37.5 Å². The molecule has 2 aliphatic heterocycles. The van der Waals surface area contributed by atoms with Gasteiger partial charge in [0.15, 0.2) is 12.7 Å². The predicted octanol–water partition coefficient (Wildman–Crippen LogP) is -0.913. The molecule has 1 aromatic rings. The summed E-state index contributed by atoms with van der Waals surface area (Å²) >= 11 is 0. The lowest BCUT2D eigenvalue weighted by atomic mass is 9.93. The third kappa shape index (κ3) is 4.35. The van der Waals surface area contributed by atoms with Gasteiger partial charge in [0.05, 0.1) is 14.2 Å². The van der Waals surface area contributed by atoms with E-state index in [2.05, 4.69) is 5.32 Å². The second-order valence-electron chi connectivity index (χ2n) is 7.83. The molecule has 158 valence electrons. The molecule has 2 saturated heterocycles. The second-order valence-corrected chi connectivity index (χ2v) is 7.83. The smallest absolute Gasteiger partial charge is 0.364 e. The molecular formula is C20H28N3O6+. The number of aliphatic hydroxyl groups excluding tert-OH is 1. The molecule has 1 unspecified atom stereocenters. The maximum atomic E-state index is 13.0. The number of likely N-dealkylation sites (tertiary alicyclic amines) is 1. The number of methoxy groups -OCH3 is 2. The molecule has 3 rings (SSSR count). The fraction of sp³-hybridized carbons (Fsp3) is 0.550. The molecule has 3 N–H and O–H groups in total. The number of carbonyl (C=O) groups excluding carboxylic acids is 3. The summed E-state index contributed by atoms with van der Waals surface area (Å²) in [6.07, 6.45) is 0.635.